The van der Waals surface area contributed by atoms with Gasteiger partial charge in [0.1, 0.15) is 0 Å². The van der Waals surface area contributed by atoms with E-state index in [1.54, 1.807) is 18.8 Å². The van der Waals surface area contributed by atoms with Crippen LogP contribution >= 0.6 is 0 Å². The molecule has 0 saturated carbocycles. The summed E-state index contributed by atoms with van der Waals surface area (Å²) in [6.07, 6.45) is 14.0. The Labute approximate surface area is 111 Å². The first-order chi connectivity index (χ1) is 8.74. The number of rotatable bonds is 10. The zero-order valence-corrected chi connectivity index (χ0v) is 12.0. The second-order valence-corrected chi connectivity index (χ2v) is 3.73. The molecule has 0 N–H and O–H groups in total. The quantitative estimate of drug-likeness (QED) is 0.411. The van der Waals surface area contributed by atoms with Gasteiger partial charge in [-0.1, -0.05) is 27.7 Å². The molecule has 18 heavy (non-hydrogen) atoms. The van der Waals surface area contributed by atoms with Gasteiger partial charge in [-0.3, -0.25) is 0 Å². The minimum absolute atomic E-state index is 0.586. The molecule has 0 saturated heterocycles. The Hall–Kier alpha value is -1.38. The van der Waals surface area contributed by atoms with Crippen molar-refractivity contribution in [1.82, 2.24) is 0 Å². The fraction of sp³-hybridized carbons (Fsp3) is 0.600. The molecule has 0 aliphatic heterocycles. The van der Waals surface area contributed by atoms with Gasteiger partial charge >= 0.3 is 5.97 Å². The molecule has 0 atom stereocenters. The fourth-order valence-electron chi connectivity index (χ4n) is 1.08. The Morgan fingerprint density at radius 2 is 1.00 bits per heavy atom. The Bertz CT molecular complexity index is 226. The van der Waals surface area contributed by atoms with Crippen molar-refractivity contribution in [3.8, 4) is 0 Å². The van der Waals surface area contributed by atoms with Crippen molar-refractivity contribution < 1.29 is 14.2 Å². The van der Waals surface area contributed by atoms with Crippen molar-refractivity contribution in [3.05, 3.63) is 37.0 Å². The third kappa shape index (κ3) is 7.05. The molecule has 3 nitrogen and oxygen atoms in total. The van der Waals surface area contributed by atoms with Gasteiger partial charge in [-0.25, -0.2) is 0 Å². The van der Waals surface area contributed by atoms with E-state index in [1.165, 1.54) is 0 Å². The highest BCUT2D eigenvalue weighted by molar-refractivity contribution is 4.80. The van der Waals surface area contributed by atoms with E-state index in [0.717, 1.165) is 19.3 Å². The summed E-state index contributed by atoms with van der Waals surface area (Å²) in [4.78, 5) is 0. The monoisotopic (exact) mass is 254 g/mol. The Morgan fingerprint density at radius 3 is 1.22 bits per heavy atom. The predicted molar refractivity (Wildman–Crippen MR) is 74.6 cm³/mol. The summed E-state index contributed by atoms with van der Waals surface area (Å²) in [7, 11) is 0. The average molecular weight is 254 g/mol. The molecule has 0 unspecified atom stereocenters. The van der Waals surface area contributed by atoms with E-state index in [4.69, 9.17) is 14.2 Å². The predicted octanol–water partition coefficient (Wildman–Crippen LogP) is 4.87. The summed E-state index contributed by atoms with van der Waals surface area (Å²) in [6, 6.07) is 0. The molecule has 0 rings (SSSR count). The molecule has 0 spiro atoms. The Kier molecular flexibility index (Phi) is 9.93. The first-order valence-corrected chi connectivity index (χ1v) is 6.73. The van der Waals surface area contributed by atoms with Gasteiger partial charge in [0, 0.05) is 0 Å². The second-order valence-electron chi connectivity index (χ2n) is 3.73. The van der Waals surface area contributed by atoms with Crippen LogP contribution in [0.15, 0.2) is 37.0 Å². The molecule has 0 aliphatic carbocycles. The fourth-order valence-corrected chi connectivity index (χ4v) is 1.08. The topological polar surface area (TPSA) is 27.7 Å². The minimum atomic E-state index is -1.07. The third-order valence-corrected chi connectivity index (χ3v) is 2.17. The van der Waals surface area contributed by atoms with E-state index in [1.807, 2.05) is 45.9 Å². The van der Waals surface area contributed by atoms with E-state index in [0.29, 0.717) is 6.42 Å². The summed E-state index contributed by atoms with van der Waals surface area (Å²) < 4.78 is 16.8. The van der Waals surface area contributed by atoms with Crippen LogP contribution in [0.4, 0.5) is 0 Å². The van der Waals surface area contributed by atoms with Gasteiger partial charge in [0.25, 0.3) is 0 Å². The van der Waals surface area contributed by atoms with Crippen molar-refractivity contribution in [2.24, 2.45) is 0 Å². The average Bonchev–Trinajstić information content (AvgIpc) is 2.39. The van der Waals surface area contributed by atoms with E-state index >= 15 is 0 Å². The third-order valence-electron chi connectivity index (χ3n) is 2.17. The van der Waals surface area contributed by atoms with Crippen molar-refractivity contribution in [3.63, 3.8) is 0 Å². The molecule has 0 bridgehead atoms. The first-order valence-electron chi connectivity index (χ1n) is 6.73. The van der Waals surface area contributed by atoms with E-state index in [2.05, 4.69) is 0 Å². The highest BCUT2D eigenvalue weighted by atomic mass is 16.9. The number of ether oxygens (including phenoxy) is 3. The molecular formula is C15H26O3. The largest absolute Gasteiger partial charge is 0.429 e. The van der Waals surface area contributed by atoms with Crippen molar-refractivity contribution >= 4 is 0 Å². The lowest BCUT2D eigenvalue weighted by Gasteiger charge is -2.29. The Balaban J connectivity index is 4.64. The van der Waals surface area contributed by atoms with Crippen LogP contribution in [0.2, 0.25) is 0 Å². The van der Waals surface area contributed by atoms with Crippen LogP contribution in [0.25, 0.3) is 0 Å². The smallest absolute Gasteiger partial charge is 0.415 e. The Morgan fingerprint density at radius 1 is 0.667 bits per heavy atom. The summed E-state index contributed by atoms with van der Waals surface area (Å²) in [6.45, 7) is 8.09. The van der Waals surface area contributed by atoms with E-state index in [9.17, 15) is 0 Å². The van der Waals surface area contributed by atoms with Gasteiger partial charge in [-0.2, -0.15) is 0 Å². The lowest BCUT2D eigenvalue weighted by Crippen LogP contribution is -2.33. The maximum Gasteiger partial charge on any atom is 0.415 e. The zero-order valence-electron chi connectivity index (χ0n) is 12.0. The maximum absolute atomic E-state index is 5.58. The molecule has 0 heterocycles. The summed E-state index contributed by atoms with van der Waals surface area (Å²) >= 11 is 0. The molecule has 0 radical (unpaired) electrons. The van der Waals surface area contributed by atoms with Crippen molar-refractivity contribution in [1.29, 1.82) is 0 Å². The zero-order chi connectivity index (χ0) is 13.7. The van der Waals surface area contributed by atoms with Crippen LogP contribution in [-0.2, 0) is 14.2 Å². The van der Waals surface area contributed by atoms with Crippen LogP contribution in [0, 0.1) is 0 Å². The van der Waals surface area contributed by atoms with Gasteiger partial charge < -0.3 is 14.2 Å². The molecular weight excluding hydrogens is 228 g/mol. The van der Waals surface area contributed by atoms with Crippen LogP contribution < -0.4 is 0 Å². The highest BCUT2D eigenvalue weighted by Crippen LogP contribution is 2.21. The van der Waals surface area contributed by atoms with E-state index in [-0.39, 0.29) is 0 Å². The minimum Gasteiger partial charge on any atom is -0.429 e. The van der Waals surface area contributed by atoms with Crippen LogP contribution in [0.5, 0.6) is 0 Å². The number of hydrogen-bond donors (Lipinski definition) is 0. The van der Waals surface area contributed by atoms with Gasteiger partial charge in [-0.05, 0) is 37.5 Å². The SMILES string of the molecule is CCC=COC(CC)(OC=CCC)OC=CCC. The second kappa shape index (κ2) is 10.8. The molecule has 0 aliphatic rings. The number of allylic oxidation sites excluding steroid dienone is 3. The maximum atomic E-state index is 5.58. The standard InChI is InChI=1S/C15H26O3/c1-5-9-12-16-15(8-4,17-13-10-6-2)18-14-11-7-3/h9-14H,5-8H2,1-4H3. The highest BCUT2D eigenvalue weighted by Gasteiger charge is 2.32. The first kappa shape index (κ1) is 16.6. The molecule has 0 aromatic rings. The summed E-state index contributed by atoms with van der Waals surface area (Å²) in [5, 5.41) is 0. The summed E-state index contributed by atoms with van der Waals surface area (Å²) in [5.41, 5.74) is 0. The molecule has 0 aromatic heterocycles. The molecule has 0 amide bonds. The van der Waals surface area contributed by atoms with Gasteiger partial charge in [0.15, 0.2) is 0 Å². The molecule has 3 heteroatoms. The van der Waals surface area contributed by atoms with Crippen molar-refractivity contribution in [2.45, 2.75) is 59.4 Å². The molecule has 0 aromatic carbocycles. The number of hydrogen-bond acceptors (Lipinski definition) is 3. The van der Waals surface area contributed by atoms with Crippen LogP contribution in [-0.4, -0.2) is 5.97 Å². The molecule has 0 fully saturated rings. The lowest BCUT2D eigenvalue weighted by molar-refractivity contribution is -0.319. The van der Waals surface area contributed by atoms with Crippen LogP contribution in [0.3, 0.4) is 0 Å². The molecule has 104 valence electrons. The van der Waals surface area contributed by atoms with E-state index < -0.39 is 5.97 Å². The van der Waals surface area contributed by atoms with Gasteiger partial charge in [-0.15, -0.1) is 0 Å². The van der Waals surface area contributed by atoms with Crippen molar-refractivity contribution in [2.75, 3.05) is 0 Å². The normalized spacial score (nSPS) is 15.3. The summed E-state index contributed by atoms with van der Waals surface area (Å²) in [5.74, 6) is -1.07. The lowest BCUT2D eigenvalue weighted by atomic mass is 10.4. The van der Waals surface area contributed by atoms with Crippen LogP contribution in [0.1, 0.15) is 53.4 Å². The van der Waals surface area contributed by atoms with Gasteiger partial charge in [0.05, 0.1) is 25.2 Å². The van der Waals surface area contributed by atoms with Gasteiger partial charge in [0.2, 0.25) is 0 Å².